The number of nitrogens with two attached hydrogens (primary N) is 1. The Kier molecular flexibility index (Phi) is 3.30. The van der Waals surface area contributed by atoms with E-state index in [2.05, 4.69) is 38.1 Å². The number of nitrogens with zero attached hydrogens (tertiary/aromatic N) is 2. The molecule has 1 aromatic heterocycles. The van der Waals surface area contributed by atoms with Gasteiger partial charge in [0.2, 0.25) is 5.91 Å². The molecule has 0 bridgehead atoms. The summed E-state index contributed by atoms with van der Waals surface area (Å²) in [6.07, 6.45) is 4.40. The average Bonchev–Trinajstić information content (AvgIpc) is 2.68. The SMILES string of the molecule is CC1(C)CC(Nc2cnn(CC(N)=O)c2)C(C)(C)O1. The van der Waals surface area contributed by atoms with Crippen LogP contribution in [-0.2, 0) is 16.1 Å². The molecule has 1 aromatic rings. The minimum absolute atomic E-state index is 0.0950. The lowest BCUT2D eigenvalue weighted by molar-refractivity contribution is -0.118. The zero-order valence-electron chi connectivity index (χ0n) is 11.9. The number of amides is 1. The standard InChI is InChI=1S/C13H22N4O2/c1-12(2)5-10(13(3,4)19-12)16-9-6-15-17(7-9)8-11(14)18/h6-7,10,16H,5,8H2,1-4H3,(H2,14,18). The molecule has 6 nitrogen and oxygen atoms in total. The van der Waals surface area contributed by atoms with Crippen molar-refractivity contribution in [2.45, 2.75) is 57.9 Å². The first-order chi connectivity index (χ1) is 8.68. The predicted octanol–water partition coefficient (Wildman–Crippen LogP) is 1.13. The van der Waals surface area contributed by atoms with E-state index in [1.54, 1.807) is 12.4 Å². The number of nitrogens with one attached hydrogen (secondary N) is 1. The van der Waals surface area contributed by atoms with Crippen LogP contribution >= 0.6 is 0 Å². The van der Waals surface area contributed by atoms with Gasteiger partial charge in [-0.1, -0.05) is 0 Å². The van der Waals surface area contributed by atoms with Crippen LogP contribution in [0.15, 0.2) is 12.4 Å². The Morgan fingerprint density at radius 3 is 2.79 bits per heavy atom. The number of ether oxygens (including phenoxy) is 1. The summed E-state index contributed by atoms with van der Waals surface area (Å²) in [6, 6.07) is 0.203. The molecule has 0 radical (unpaired) electrons. The largest absolute Gasteiger partial charge is 0.377 e. The first-order valence-electron chi connectivity index (χ1n) is 6.45. The van der Waals surface area contributed by atoms with Gasteiger partial charge in [0.15, 0.2) is 0 Å². The van der Waals surface area contributed by atoms with Crippen LogP contribution in [0.4, 0.5) is 5.69 Å². The maximum Gasteiger partial charge on any atom is 0.239 e. The number of hydrogen-bond acceptors (Lipinski definition) is 4. The summed E-state index contributed by atoms with van der Waals surface area (Å²) in [4.78, 5) is 10.8. The minimum Gasteiger partial charge on any atom is -0.377 e. The van der Waals surface area contributed by atoms with Gasteiger partial charge in [0.1, 0.15) is 6.54 Å². The molecule has 1 unspecified atom stereocenters. The van der Waals surface area contributed by atoms with Crippen molar-refractivity contribution in [3.05, 3.63) is 12.4 Å². The Morgan fingerprint density at radius 1 is 1.58 bits per heavy atom. The topological polar surface area (TPSA) is 82.2 Å². The van der Waals surface area contributed by atoms with Gasteiger partial charge in [-0.05, 0) is 34.1 Å². The number of primary amides is 1. The zero-order chi connectivity index (χ0) is 14.3. The van der Waals surface area contributed by atoms with Gasteiger partial charge in [-0.15, -0.1) is 0 Å². The van der Waals surface area contributed by atoms with E-state index in [9.17, 15) is 4.79 Å². The molecule has 6 heteroatoms. The van der Waals surface area contributed by atoms with Crippen molar-refractivity contribution in [3.63, 3.8) is 0 Å². The summed E-state index contributed by atoms with van der Waals surface area (Å²) in [6.45, 7) is 8.43. The number of carbonyl (C=O) groups is 1. The lowest BCUT2D eigenvalue weighted by Gasteiger charge is -2.27. The summed E-state index contributed by atoms with van der Waals surface area (Å²) in [5.74, 6) is -0.402. The fraction of sp³-hybridized carbons (Fsp3) is 0.692. The lowest BCUT2D eigenvalue weighted by Crippen LogP contribution is -2.38. The van der Waals surface area contributed by atoms with Crippen molar-refractivity contribution in [2.24, 2.45) is 5.73 Å². The van der Waals surface area contributed by atoms with Gasteiger partial charge in [-0.3, -0.25) is 9.48 Å². The quantitative estimate of drug-likeness (QED) is 0.855. The molecule has 2 rings (SSSR count). The van der Waals surface area contributed by atoms with Gasteiger partial charge in [-0.25, -0.2) is 0 Å². The maximum atomic E-state index is 10.8. The molecule has 0 spiro atoms. The third-order valence-electron chi connectivity index (χ3n) is 3.37. The second-order valence-electron chi connectivity index (χ2n) is 6.26. The van der Waals surface area contributed by atoms with Crippen molar-refractivity contribution >= 4 is 11.6 Å². The Labute approximate surface area is 113 Å². The smallest absolute Gasteiger partial charge is 0.239 e. The number of aromatic nitrogens is 2. The second kappa shape index (κ2) is 4.52. The van der Waals surface area contributed by atoms with Crippen molar-refractivity contribution in [2.75, 3.05) is 5.32 Å². The van der Waals surface area contributed by atoms with E-state index in [1.165, 1.54) is 4.68 Å². The van der Waals surface area contributed by atoms with Crippen molar-refractivity contribution < 1.29 is 9.53 Å². The third kappa shape index (κ3) is 3.26. The van der Waals surface area contributed by atoms with E-state index >= 15 is 0 Å². The van der Waals surface area contributed by atoms with E-state index in [0.29, 0.717) is 0 Å². The first kappa shape index (κ1) is 13.9. The number of hydrogen-bond donors (Lipinski definition) is 2. The van der Waals surface area contributed by atoms with Gasteiger partial charge in [-0.2, -0.15) is 5.10 Å². The van der Waals surface area contributed by atoms with Crippen LogP contribution < -0.4 is 11.1 Å². The van der Waals surface area contributed by atoms with Crippen LogP contribution in [0.5, 0.6) is 0 Å². The number of anilines is 1. The van der Waals surface area contributed by atoms with Gasteiger partial charge >= 0.3 is 0 Å². The molecular formula is C13H22N4O2. The van der Waals surface area contributed by atoms with Crippen LogP contribution in [0.1, 0.15) is 34.1 Å². The van der Waals surface area contributed by atoms with E-state index in [1.807, 2.05) is 0 Å². The summed E-state index contributed by atoms with van der Waals surface area (Å²) in [5, 5.41) is 7.51. The molecule has 0 aliphatic carbocycles. The molecule has 2 heterocycles. The second-order valence-corrected chi connectivity index (χ2v) is 6.26. The van der Waals surface area contributed by atoms with Crippen LogP contribution in [0.25, 0.3) is 0 Å². The van der Waals surface area contributed by atoms with Gasteiger partial charge in [0.05, 0.1) is 29.1 Å². The summed E-state index contributed by atoms with van der Waals surface area (Å²) < 4.78 is 7.55. The molecular weight excluding hydrogens is 244 g/mol. The van der Waals surface area contributed by atoms with E-state index in [-0.39, 0.29) is 23.8 Å². The predicted molar refractivity (Wildman–Crippen MR) is 72.7 cm³/mol. The van der Waals surface area contributed by atoms with Crippen molar-refractivity contribution in [1.82, 2.24) is 9.78 Å². The Balaban J connectivity index is 2.05. The molecule has 0 aromatic carbocycles. The fourth-order valence-electron chi connectivity index (χ4n) is 2.67. The van der Waals surface area contributed by atoms with Gasteiger partial charge < -0.3 is 15.8 Å². The molecule has 0 saturated carbocycles. The first-order valence-corrected chi connectivity index (χ1v) is 6.45. The molecule has 1 atom stereocenters. The van der Waals surface area contributed by atoms with Gasteiger partial charge in [0, 0.05) is 6.20 Å². The minimum atomic E-state index is -0.402. The highest BCUT2D eigenvalue weighted by Gasteiger charge is 2.45. The maximum absolute atomic E-state index is 10.8. The highest BCUT2D eigenvalue weighted by atomic mass is 16.5. The summed E-state index contributed by atoms with van der Waals surface area (Å²) in [5.41, 5.74) is 5.64. The highest BCUT2D eigenvalue weighted by molar-refractivity contribution is 5.73. The molecule has 1 amide bonds. The Morgan fingerprint density at radius 2 is 2.26 bits per heavy atom. The van der Waals surface area contributed by atoms with Crippen LogP contribution in [0, 0.1) is 0 Å². The van der Waals surface area contributed by atoms with E-state index in [0.717, 1.165) is 12.1 Å². The van der Waals surface area contributed by atoms with Crippen molar-refractivity contribution in [3.8, 4) is 0 Å². The molecule has 1 fully saturated rings. The molecule has 1 saturated heterocycles. The molecule has 19 heavy (non-hydrogen) atoms. The summed E-state index contributed by atoms with van der Waals surface area (Å²) in [7, 11) is 0. The number of carbonyl (C=O) groups excluding carboxylic acids is 1. The Hall–Kier alpha value is -1.56. The molecule has 3 N–H and O–H groups in total. The normalized spacial score (nSPS) is 24.3. The zero-order valence-corrected chi connectivity index (χ0v) is 11.9. The lowest BCUT2D eigenvalue weighted by atomic mass is 9.94. The molecule has 1 aliphatic rings. The average molecular weight is 266 g/mol. The van der Waals surface area contributed by atoms with Crippen molar-refractivity contribution in [1.29, 1.82) is 0 Å². The monoisotopic (exact) mass is 266 g/mol. The van der Waals surface area contributed by atoms with E-state index in [4.69, 9.17) is 10.5 Å². The van der Waals surface area contributed by atoms with Gasteiger partial charge in [0.25, 0.3) is 0 Å². The Bertz CT molecular complexity index is 479. The van der Waals surface area contributed by atoms with Crippen LogP contribution in [0.3, 0.4) is 0 Å². The highest BCUT2D eigenvalue weighted by Crippen LogP contribution is 2.38. The fourth-order valence-corrected chi connectivity index (χ4v) is 2.67. The number of rotatable bonds is 4. The third-order valence-corrected chi connectivity index (χ3v) is 3.37. The van der Waals surface area contributed by atoms with Crippen LogP contribution in [-0.4, -0.2) is 32.9 Å². The molecule has 106 valence electrons. The van der Waals surface area contributed by atoms with Crippen LogP contribution in [0.2, 0.25) is 0 Å². The molecule has 1 aliphatic heterocycles. The van der Waals surface area contributed by atoms with E-state index < -0.39 is 5.91 Å². The summed E-state index contributed by atoms with van der Waals surface area (Å²) >= 11 is 0.